The van der Waals surface area contributed by atoms with Crippen LogP contribution in [-0.4, -0.2) is 33.0 Å². The average Bonchev–Trinajstić information content (AvgIpc) is 3.09. The number of hydrogen-bond donors (Lipinski definition) is 0. The fourth-order valence-electron chi connectivity index (χ4n) is 1.98. The van der Waals surface area contributed by atoms with Crippen molar-refractivity contribution in [1.82, 2.24) is 0 Å². The van der Waals surface area contributed by atoms with E-state index >= 15 is 0 Å². The maximum atomic E-state index is 3.79. The molecule has 1 saturated carbocycles. The summed E-state index contributed by atoms with van der Waals surface area (Å²) in [5.74, 6) is 3.98. The molecule has 0 aromatic carbocycles. The Balaban J connectivity index is 1.56. The Morgan fingerprint density at radius 2 is 1.73 bits per heavy atom. The summed E-state index contributed by atoms with van der Waals surface area (Å²) >= 11 is 6.48. The Labute approximate surface area is 106 Å². The summed E-state index contributed by atoms with van der Waals surface area (Å²) in [6.07, 6.45) is 7.82. The molecule has 0 nitrogen and oxygen atoms in total. The monoisotopic (exact) mass is 260 g/mol. The van der Waals surface area contributed by atoms with Gasteiger partial charge in [0.25, 0.3) is 0 Å². The molecule has 86 valence electrons. The fraction of sp³-hybridized carbons (Fsp3) is 0.833. The third-order valence-corrected chi connectivity index (χ3v) is 7.08. The van der Waals surface area contributed by atoms with Crippen LogP contribution in [0.15, 0.2) is 12.7 Å². The third kappa shape index (κ3) is 4.66. The highest BCUT2D eigenvalue weighted by molar-refractivity contribution is 8.08. The molecule has 0 N–H and O–H groups in total. The molecule has 2 aliphatic rings. The lowest BCUT2D eigenvalue weighted by molar-refractivity contribution is 0.528. The summed E-state index contributed by atoms with van der Waals surface area (Å²) in [6.45, 7) is 3.79. The first-order valence-corrected chi connectivity index (χ1v) is 8.99. The zero-order chi connectivity index (χ0) is 10.5. The van der Waals surface area contributed by atoms with E-state index in [4.69, 9.17) is 0 Å². The second-order valence-electron chi connectivity index (χ2n) is 4.31. The first-order valence-electron chi connectivity index (χ1n) is 5.84. The van der Waals surface area contributed by atoms with Gasteiger partial charge in [-0.05, 0) is 25.7 Å². The number of rotatable bonds is 6. The summed E-state index contributed by atoms with van der Waals surface area (Å²) in [4.78, 5) is 0. The minimum Gasteiger partial charge on any atom is -0.157 e. The van der Waals surface area contributed by atoms with Crippen molar-refractivity contribution in [2.24, 2.45) is 0 Å². The minimum atomic E-state index is 0.926. The van der Waals surface area contributed by atoms with Crippen molar-refractivity contribution in [1.29, 1.82) is 0 Å². The van der Waals surface area contributed by atoms with Gasteiger partial charge in [-0.15, -0.1) is 6.58 Å². The van der Waals surface area contributed by atoms with Crippen molar-refractivity contribution in [2.75, 3.05) is 17.3 Å². The zero-order valence-corrected chi connectivity index (χ0v) is 11.6. The van der Waals surface area contributed by atoms with Crippen molar-refractivity contribution in [3.63, 3.8) is 0 Å². The van der Waals surface area contributed by atoms with E-state index in [0.29, 0.717) is 0 Å². The Kier molecular flexibility index (Phi) is 5.32. The van der Waals surface area contributed by atoms with Crippen molar-refractivity contribution < 1.29 is 0 Å². The van der Waals surface area contributed by atoms with E-state index in [1.165, 1.54) is 37.2 Å². The van der Waals surface area contributed by atoms with Crippen LogP contribution >= 0.6 is 35.3 Å². The van der Waals surface area contributed by atoms with Gasteiger partial charge in [0.15, 0.2) is 0 Å². The normalized spacial score (nSPS) is 35.1. The maximum Gasteiger partial charge on any atom is 0.0229 e. The molecule has 2 rings (SSSR count). The smallest absolute Gasteiger partial charge is 0.0229 e. The van der Waals surface area contributed by atoms with Crippen molar-refractivity contribution in [3.8, 4) is 0 Å². The van der Waals surface area contributed by atoms with Gasteiger partial charge in [0.2, 0.25) is 0 Å². The van der Waals surface area contributed by atoms with E-state index in [-0.39, 0.29) is 0 Å². The summed E-state index contributed by atoms with van der Waals surface area (Å²) in [5, 5.41) is 2.92. The third-order valence-electron chi connectivity index (χ3n) is 2.99. The lowest BCUT2D eigenvalue weighted by Crippen LogP contribution is -2.18. The largest absolute Gasteiger partial charge is 0.157 e. The minimum absolute atomic E-state index is 0.926. The lowest BCUT2D eigenvalue weighted by Gasteiger charge is -2.27. The Hall–Kier alpha value is 0.790. The molecule has 0 amide bonds. The van der Waals surface area contributed by atoms with Crippen LogP contribution in [-0.2, 0) is 0 Å². The van der Waals surface area contributed by atoms with Crippen LogP contribution in [0, 0.1) is 0 Å². The molecule has 1 saturated heterocycles. The van der Waals surface area contributed by atoms with Crippen LogP contribution < -0.4 is 0 Å². The number of hydrogen-bond acceptors (Lipinski definition) is 3. The van der Waals surface area contributed by atoms with E-state index in [0.717, 1.165) is 21.5 Å². The summed E-state index contributed by atoms with van der Waals surface area (Å²) in [5.41, 5.74) is 0. The van der Waals surface area contributed by atoms with E-state index < -0.39 is 0 Å². The SMILES string of the molecule is C=CCSC1CCC(SCC2CS2)CC1. The van der Waals surface area contributed by atoms with Gasteiger partial charge in [-0.3, -0.25) is 0 Å². The zero-order valence-electron chi connectivity index (χ0n) is 9.19. The number of thioether (sulfide) groups is 3. The topological polar surface area (TPSA) is 0 Å². The van der Waals surface area contributed by atoms with Gasteiger partial charge in [0, 0.05) is 33.0 Å². The molecule has 0 spiro atoms. The molecule has 1 aliphatic heterocycles. The molecule has 1 aliphatic carbocycles. The molecule has 3 heteroatoms. The predicted octanol–water partition coefficient (Wildman–Crippen LogP) is 4.07. The molecule has 1 atom stereocenters. The maximum absolute atomic E-state index is 3.79. The Morgan fingerprint density at radius 3 is 2.27 bits per heavy atom. The van der Waals surface area contributed by atoms with Gasteiger partial charge in [-0.25, -0.2) is 0 Å². The quantitative estimate of drug-likeness (QED) is 0.522. The summed E-state index contributed by atoms with van der Waals surface area (Å²) in [6, 6.07) is 0. The van der Waals surface area contributed by atoms with Gasteiger partial charge in [0.1, 0.15) is 0 Å². The standard InChI is InChI=1S/C12H20S3/c1-2-7-13-10-3-5-11(6-4-10)14-8-12-9-15-12/h2,10-12H,1,3-9H2. The molecule has 0 aromatic heterocycles. The van der Waals surface area contributed by atoms with E-state index in [2.05, 4.69) is 41.9 Å². The molecular formula is C12H20S3. The van der Waals surface area contributed by atoms with Gasteiger partial charge in [0.05, 0.1) is 0 Å². The molecule has 2 fully saturated rings. The van der Waals surface area contributed by atoms with Crippen molar-refractivity contribution in [3.05, 3.63) is 12.7 Å². The van der Waals surface area contributed by atoms with Crippen LogP contribution in [0.1, 0.15) is 25.7 Å². The van der Waals surface area contributed by atoms with E-state index in [1.54, 1.807) is 0 Å². The van der Waals surface area contributed by atoms with Gasteiger partial charge in [-0.1, -0.05) is 6.08 Å². The summed E-state index contributed by atoms with van der Waals surface area (Å²) in [7, 11) is 0. The van der Waals surface area contributed by atoms with Crippen LogP contribution in [0.25, 0.3) is 0 Å². The van der Waals surface area contributed by atoms with Crippen LogP contribution in [0.4, 0.5) is 0 Å². The second kappa shape index (κ2) is 6.51. The van der Waals surface area contributed by atoms with E-state index in [9.17, 15) is 0 Å². The molecular weight excluding hydrogens is 240 g/mol. The molecule has 0 aromatic rings. The predicted molar refractivity (Wildman–Crippen MR) is 77.4 cm³/mol. The van der Waals surface area contributed by atoms with Crippen LogP contribution in [0.3, 0.4) is 0 Å². The molecule has 0 bridgehead atoms. The van der Waals surface area contributed by atoms with Crippen molar-refractivity contribution in [2.45, 2.75) is 41.4 Å². The molecule has 1 unspecified atom stereocenters. The second-order valence-corrected chi connectivity index (χ2v) is 8.31. The van der Waals surface area contributed by atoms with Crippen molar-refractivity contribution >= 4 is 35.3 Å². The Morgan fingerprint density at radius 1 is 1.13 bits per heavy atom. The summed E-state index contributed by atoms with van der Waals surface area (Å²) < 4.78 is 0. The Bertz CT molecular complexity index is 193. The lowest BCUT2D eigenvalue weighted by atomic mass is 10.00. The average molecular weight is 260 g/mol. The highest BCUT2D eigenvalue weighted by Gasteiger charge is 2.26. The van der Waals surface area contributed by atoms with Gasteiger partial charge < -0.3 is 0 Å². The highest BCUT2D eigenvalue weighted by Crippen LogP contribution is 2.38. The molecule has 0 radical (unpaired) electrons. The van der Waals surface area contributed by atoms with E-state index in [1.807, 2.05) is 6.08 Å². The van der Waals surface area contributed by atoms with Gasteiger partial charge in [-0.2, -0.15) is 35.3 Å². The molecule has 1 heterocycles. The van der Waals surface area contributed by atoms with Crippen LogP contribution in [0.5, 0.6) is 0 Å². The molecule has 15 heavy (non-hydrogen) atoms. The van der Waals surface area contributed by atoms with Crippen LogP contribution in [0.2, 0.25) is 0 Å². The van der Waals surface area contributed by atoms with Gasteiger partial charge >= 0.3 is 0 Å². The first kappa shape index (κ1) is 12.3. The highest BCUT2D eigenvalue weighted by atomic mass is 32.2. The fourth-order valence-corrected chi connectivity index (χ4v) is 5.23. The first-order chi connectivity index (χ1) is 7.38.